The fraction of sp³-hybridized carbons (Fsp3) is 0.222. The van der Waals surface area contributed by atoms with Crippen LogP contribution in [0.15, 0.2) is 29.2 Å². The first kappa shape index (κ1) is 11.7. The number of rotatable bonds is 3. The van der Waals surface area contributed by atoms with Gasteiger partial charge in [0.15, 0.2) is 5.75 Å². The van der Waals surface area contributed by atoms with Crippen molar-refractivity contribution in [2.45, 2.75) is 11.8 Å². The number of hydrogen-bond acceptors (Lipinski definition) is 4. The highest BCUT2D eigenvalue weighted by atomic mass is 32.2. The molecule has 1 aromatic carbocycles. The summed E-state index contributed by atoms with van der Waals surface area (Å²) in [6.45, 7) is 1.21. The second-order valence-electron chi connectivity index (χ2n) is 2.75. The Morgan fingerprint density at radius 2 is 1.93 bits per heavy atom. The van der Waals surface area contributed by atoms with E-state index in [1.54, 1.807) is 12.1 Å². The van der Waals surface area contributed by atoms with E-state index in [4.69, 9.17) is 4.74 Å². The Morgan fingerprint density at radius 3 is 2.47 bits per heavy atom. The molecule has 0 bridgehead atoms. The molecule has 0 aliphatic rings. The lowest BCUT2D eigenvalue weighted by Crippen LogP contribution is -2.20. The summed E-state index contributed by atoms with van der Waals surface area (Å²) in [4.78, 5) is 10.7. The van der Waals surface area contributed by atoms with Gasteiger partial charge in [-0.3, -0.25) is 4.79 Å². The van der Waals surface area contributed by atoms with E-state index < -0.39 is 16.0 Å². The van der Waals surface area contributed by atoms with Crippen molar-refractivity contribution >= 4 is 16.0 Å². The summed E-state index contributed by atoms with van der Waals surface area (Å²) in [5.74, 6) is -0.534. The van der Waals surface area contributed by atoms with E-state index in [0.717, 1.165) is 0 Å². The quantitative estimate of drug-likeness (QED) is 0.606. The average molecular weight is 229 g/mol. The van der Waals surface area contributed by atoms with Crippen molar-refractivity contribution in [2.24, 2.45) is 0 Å². The highest BCUT2D eigenvalue weighted by molar-refractivity contribution is 7.89. The molecule has 0 heterocycles. The molecule has 0 aliphatic carbocycles. The molecule has 0 radical (unpaired) electrons. The van der Waals surface area contributed by atoms with E-state index in [9.17, 15) is 13.2 Å². The molecular weight excluding hydrogens is 218 g/mol. The van der Waals surface area contributed by atoms with Crippen LogP contribution in [0.2, 0.25) is 0 Å². The summed E-state index contributed by atoms with van der Waals surface area (Å²) < 4.78 is 29.9. The summed E-state index contributed by atoms with van der Waals surface area (Å²) in [7, 11) is -2.31. The van der Waals surface area contributed by atoms with Crippen LogP contribution in [-0.4, -0.2) is 21.4 Å². The van der Waals surface area contributed by atoms with Gasteiger partial charge in [-0.1, -0.05) is 12.1 Å². The molecule has 0 amide bonds. The smallest absolute Gasteiger partial charge is 0.308 e. The van der Waals surface area contributed by atoms with E-state index in [1.165, 1.54) is 26.1 Å². The molecule has 1 aromatic rings. The van der Waals surface area contributed by atoms with Crippen LogP contribution in [-0.2, 0) is 14.8 Å². The van der Waals surface area contributed by atoms with E-state index >= 15 is 0 Å². The van der Waals surface area contributed by atoms with Gasteiger partial charge in [0.05, 0.1) is 0 Å². The molecular formula is C9H11NO4S. The molecule has 0 aliphatic heterocycles. The number of ether oxygens (including phenoxy) is 1. The molecule has 15 heavy (non-hydrogen) atoms. The topological polar surface area (TPSA) is 72.5 Å². The Hall–Kier alpha value is -1.40. The Balaban J connectivity index is 3.24. The first-order chi connectivity index (χ1) is 6.97. The summed E-state index contributed by atoms with van der Waals surface area (Å²) in [6, 6.07) is 5.93. The average Bonchev–Trinajstić information content (AvgIpc) is 2.17. The van der Waals surface area contributed by atoms with Crippen LogP contribution in [0.25, 0.3) is 0 Å². The summed E-state index contributed by atoms with van der Waals surface area (Å²) in [5, 5.41) is 0. The molecule has 82 valence electrons. The first-order valence-electron chi connectivity index (χ1n) is 4.18. The second-order valence-corrected chi connectivity index (χ2v) is 4.60. The molecule has 0 saturated carbocycles. The van der Waals surface area contributed by atoms with Gasteiger partial charge >= 0.3 is 5.97 Å². The SMILES string of the molecule is CNS(=O)(=O)c1ccccc1OC(C)=O. The molecule has 0 atom stereocenters. The molecule has 1 N–H and O–H groups in total. The third-order valence-corrected chi connectivity index (χ3v) is 3.11. The number of esters is 1. The zero-order valence-corrected chi connectivity index (χ0v) is 9.17. The van der Waals surface area contributed by atoms with Crippen molar-refractivity contribution in [3.63, 3.8) is 0 Å². The van der Waals surface area contributed by atoms with Crippen molar-refractivity contribution in [2.75, 3.05) is 7.05 Å². The maximum atomic E-state index is 11.5. The van der Waals surface area contributed by atoms with Crippen molar-refractivity contribution in [3.8, 4) is 5.75 Å². The first-order valence-corrected chi connectivity index (χ1v) is 5.66. The summed E-state index contributed by atoms with van der Waals surface area (Å²) in [5.41, 5.74) is 0. The highest BCUT2D eigenvalue weighted by Gasteiger charge is 2.17. The predicted molar refractivity (Wildman–Crippen MR) is 54.0 cm³/mol. The van der Waals surface area contributed by atoms with Crippen LogP contribution < -0.4 is 9.46 Å². The largest absolute Gasteiger partial charge is 0.425 e. The minimum Gasteiger partial charge on any atom is -0.425 e. The Morgan fingerprint density at radius 1 is 1.33 bits per heavy atom. The van der Waals surface area contributed by atoms with Gasteiger partial charge in [0.25, 0.3) is 0 Å². The van der Waals surface area contributed by atoms with Crippen molar-refractivity contribution in [1.82, 2.24) is 4.72 Å². The number of sulfonamides is 1. The van der Waals surface area contributed by atoms with E-state index in [0.29, 0.717) is 0 Å². The molecule has 0 fully saturated rings. The van der Waals surface area contributed by atoms with Gasteiger partial charge in [0.2, 0.25) is 10.0 Å². The zero-order chi connectivity index (χ0) is 11.5. The van der Waals surface area contributed by atoms with Gasteiger partial charge in [-0.25, -0.2) is 13.1 Å². The van der Waals surface area contributed by atoms with Gasteiger partial charge < -0.3 is 4.74 Å². The monoisotopic (exact) mass is 229 g/mol. The van der Waals surface area contributed by atoms with Crippen LogP contribution in [0.4, 0.5) is 0 Å². The Labute approximate surface area is 88.1 Å². The van der Waals surface area contributed by atoms with Gasteiger partial charge in [0, 0.05) is 6.92 Å². The van der Waals surface area contributed by atoms with Gasteiger partial charge in [-0.2, -0.15) is 0 Å². The maximum Gasteiger partial charge on any atom is 0.308 e. The minimum absolute atomic E-state index is 0.0272. The lowest BCUT2D eigenvalue weighted by Gasteiger charge is -2.08. The number of nitrogens with one attached hydrogen (secondary N) is 1. The van der Waals surface area contributed by atoms with Crippen molar-refractivity contribution in [3.05, 3.63) is 24.3 Å². The molecule has 5 nitrogen and oxygen atoms in total. The number of para-hydroxylation sites is 1. The van der Waals surface area contributed by atoms with Gasteiger partial charge in [-0.15, -0.1) is 0 Å². The molecule has 1 rings (SSSR count). The lowest BCUT2D eigenvalue weighted by molar-refractivity contribution is -0.132. The maximum absolute atomic E-state index is 11.5. The van der Waals surface area contributed by atoms with Crippen LogP contribution in [0.3, 0.4) is 0 Å². The lowest BCUT2D eigenvalue weighted by atomic mass is 10.3. The fourth-order valence-corrected chi connectivity index (χ4v) is 1.87. The highest BCUT2D eigenvalue weighted by Crippen LogP contribution is 2.22. The third kappa shape index (κ3) is 2.77. The van der Waals surface area contributed by atoms with Crippen LogP contribution >= 0.6 is 0 Å². The van der Waals surface area contributed by atoms with E-state index in [-0.39, 0.29) is 10.6 Å². The van der Waals surface area contributed by atoms with E-state index in [1.807, 2.05) is 0 Å². The number of carbonyl (C=O) groups excluding carboxylic acids is 1. The van der Waals surface area contributed by atoms with Crippen molar-refractivity contribution in [1.29, 1.82) is 0 Å². The van der Waals surface area contributed by atoms with Gasteiger partial charge in [0.1, 0.15) is 4.90 Å². The summed E-state index contributed by atoms with van der Waals surface area (Å²) >= 11 is 0. The fourth-order valence-electron chi connectivity index (χ4n) is 1.02. The predicted octanol–water partition coefficient (Wildman–Crippen LogP) is 0.520. The Kier molecular flexibility index (Phi) is 3.43. The van der Waals surface area contributed by atoms with Crippen LogP contribution in [0, 0.1) is 0 Å². The molecule has 0 spiro atoms. The number of hydrogen-bond donors (Lipinski definition) is 1. The second kappa shape index (κ2) is 4.41. The third-order valence-electron chi connectivity index (χ3n) is 1.66. The minimum atomic E-state index is -3.60. The molecule has 6 heteroatoms. The molecule has 0 saturated heterocycles. The van der Waals surface area contributed by atoms with E-state index in [2.05, 4.69) is 4.72 Å². The normalized spacial score (nSPS) is 11.1. The molecule has 0 unspecified atom stereocenters. The summed E-state index contributed by atoms with van der Waals surface area (Å²) in [6.07, 6.45) is 0. The van der Waals surface area contributed by atoms with Crippen molar-refractivity contribution < 1.29 is 17.9 Å². The van der Waals surface area contributed by atoms with Gasteiger partial charge in [-0.05, 0) is 19.2 Å². The van der Waals surface area contributed by atoms with Crippen LogP contribution in [0.5, 0.6) is 5.75 Å². The zero-order valence-electron chi connectivity index (χ0n) is 8.35. The standard InChI is InChI=1S/C9H11NO4S/c1-7(11)14-8-5-3-4-6-9(8)15(12,13)10-2/h3-6,10H,1-2H3. The van der Waals surface area contributed by atoms with Crippen LogP contribution in [0.1, 0.15) is 6.92 Å². The number of carbonyl (C=O) groups is 1. The molecule has 0 aromatic heterocycles. The Bertz CT molecular complexity index is 467. The number of benzene rings is 1.